The zero-order chi connectivity index (χ0) is 18.3. The molecule has 0 saturated heterocycles. The number of primary amides is 1. The van der Waals surface area contributed by atoms with Crippen LogP contribution in [0.3, 0.4) is 0 Å². The number of halogens is 1. The lowest BCUT2D eigenvalue weighted by atomic mass is 9.97. The lowest BCUT2D eigenvalue weighted by Gasteiger charge is -2.25. The molecule has 24 heavy (non-hydrogen) atoms. The molecular formula is C17H24FN3O3. The molecule has 0 aliphatic rings. The molecule has 7 heteroatoms. The molecule has 0 unspecified atom stereocenters. The summed E-state index contributed by atoms with van der Waals surface area (Å²) >= 11 is 0. The smallest absolute Gasteiger partial charge is 0.243 e. The topological polar surface area (TPSA) is 101 Å². The molecule has 0 aliphatic carbocycles. The minimum atomic E-state index is -0.921. The van der Waals surface area contributed by atoms with Gasteiger partial charge in [-0.2, -0.15) is 0 Å². The van der Waals surface area contributed by atoms with E-state index in [4.69, 9.17) is 5.73 Å². The zero-order valence-electron chi connectivity index (χ0n) is 14.1. The van der Waals surface area contributed by atoms with Crippen molar-refractivity contribution in [2.75, 3.05) is 0 Å². The summed E-state index contributed by atoms with van der Waals surface area (Å²) in [5, 5.41) is 5.11. The van der Waals surface area contributed by atoms with Gasteiger partial charge < -0.3 is 16.4 Å². The lowest BCUT2D eigenvalue weighted by molar-refractivity contribution is -0.131. The molecular weight excluding hydrogens is 313 g/mol. The van der Waals surface area contributed by atoms with Crippen LogP contribution in [0.1, 0.15) is 32.8 Å². The van der Waals surface area contributed by atoms with Crippen molar-refractivity contribution in [3.8, 4) is 0 Å². The van der Waals surface area contributed by atoms with Crippen LogP contribution in [-0.2, 0) is 20.8 Å². The van der Waals surface area contributed by atoms with Crippen LogP contribution in [0.2, 0.25) is 0 Å². The highest BCUT2D eigenvalue weighted by atomic mass is 19.1. The summed E-state index contributed by atoms with van der Waals surface area (Å²) < 4.78 is 13.3. The van der Waals surface area contributed by atoms with Crippen LogP contribution in [0.4, 0.5) is 4.39 Å². The Kier molecular flexibility index (Phi) is 7.35. The van der Waals surface area contributed by atoms with E-state index in [2.05, 4.69) is 10.6 Å². The summed E-state index contributed by atoms with van der Waals surface area (Å²) in [4.78, 5) is 35.4. The van der Waals surface area contributed by atoms with Gasteiger partial charge in [0.2, 0.25) is 17.7 Å². The van der Waals surface area contributed by atoms with Crippen molar-refractivity contribution < 1.29 is 18.8 Å². The third-order valence-corrected chi connectivity index (χ3v) is 3.84. The molecule has 0 heterocycles. The van der Waals surface area contributed by atoms with Crippen LogP contribution in [-0.4, -0.2) is 29.8 Å². The second kappa shape index (κ2) is 9.00. The molecule has 3 atom stereocenters. The van der Waals surface area contributed by atoms with Crippen molar-refractivity contribution in [3.63, 3.8) is 0 Å². The predicted molar refractivity (Wildman–Crippen MR) is 88.3 cm³/mol. The molecule has 0 fully saturated rings. The molecule has 0 radical (unpaired) electrons. The van der Waals surface area contributed by atoms with Gasteiger partial charge in [-0.05, 0) is 23.6 Å². The highest BCUT2D eigenvalue weighted by molar-refractivity contribution is 5.91. The number of rotatable bonds is 8. The fourth-order valence-corrected chi connectivity index (χ4v) is 2.34. The number of nitrogens with two attached hydrogens (primary N) is 1. The van der Waals surface area contributed by atoms with Gasteiger partial charge in [-0.1, -0.05) is 32.4 Å². The SMILES string of the molecule is CC[C@H](C)[C@@H](NC(=O)[C@H](Cc1cccc(F)c1)NC(C)=O)C(N)=O. The lowest BCUT2D eigenvalue weighted by Crippen LogP contribution is -2.55. The number of carbonyl (C=O) groups is 3. The van der Waals surface area contributed by atoms with Crippen molar-refractivity contribution >= 4 is 17.7 Å². The predicted octanol–water partition coefficient (Wildman–Crippen LogP) is 0.889. The van der Waals surface area contributed by atoms with Gasteiger partial charge in [0.1, 0.15) is 17.9 Å². The quantitative estimate of drug-likeness (QED) is 0.656. The van der Waals surface area contributed by atoms with Crippen molar-refractivity contribution in [1.82, 2.24) is 10.6 Å². The molecule has 0 aliphatic heterocycles. The van der Waals surface area contributed by atoms with E-state index >= 15 is 0 Å². The van der Waals surface area contributed by atoms with Gasteiger partial charge in [-0.3, -0.25) is 14.4 Å². The fraction of sp³-hybridized carbons (Fsp3) is 0.471. The van der Waals surface area contributed by atoms with Gasteiger partial charge in [0, 0.05) is 13.3 Å². The van der Waals surface area contributed by atoms with Crippen molar-refractivity contribution in [2.24, 2.45) is 11.7 Å². The first-order valence-electron chi connectivity index (χ1n) is 7.85. The molecule has 4 N–H and O–H groups in total. The van der Waals surface area contributed by atoms with Gasteiger partial charge in [-0.15, -0.1) is 0 Å². The van der Waals surface area contributed by atoms with Gasteiger partial charge in [0.05, 0.1) is 0 Å². The average Bonchev–Trinajstić information content (AvgIpc) is 2.50. The van der Waals surface area contributed by atoms with E-state index < -0.39 is 35.6 Å². The Morgan fingerprint density at radius 2 is 1.92 bits per heavy atom. The van der Waals surface area contributed by atoms with E-state index in [9.17, 15) is 18.8 Å². The first kappa shape index (κ1) is 19.6. The molecule has 6 nitrogen and oxygen atoms in total. The second-order valence-corrected chi connectivity index (χ2v) is 5.86. The summed E-state index contributed by atoms with van der Waals surface area (Å²) in [6.07, 6.45) is 0.762. The van der Waals surface area contributed by atoms with Crippen LogP contribution in [0.25, 0.3) is 0 Å². The fourth-order valence-electron chi connectivity index (χ4n) is 2.34. The van der Waals surface area contributed by atoms with E-state index in [0.717, 1.165) is 0 Å². The Morgan fingerprint density at radius 1 is 1.25 bits per heavy atom. The number of nitrogens with one attached hydrogen (secondary N) is 2. The van der Waals surface area contributed by atoms with Crippen molar-refractivity contribution in [3.05, 3.63) is 35.6 Å². The molecule has 0 saturated carbocycles. The largest absolute Gasteiger partial charge is 0.368 e. The Bertz CT molecular complexity index is 606. The summed E-state index contributed by atoms with van der Waals surface area (Å²) in [5.41, 5.74) is 5.90. The van der Waals surface area contributed by atoms with E-state index in [1.165, 1.54) is 25.1 Å². The number of carbonyl (C=O) groups excluding carboxylic acids is 3. The monoisotopic (exact) mass is 337 g/mol. The minimum Gasteiger partial charge on any atom is -0.368 e. The van der Waals surface area contributed by atoms with Gasteiger partial charge in [0.25, 0.3) is 0 Å². The van der Waals surface area contributed by atoms with Gasteiger partial charge >= 0.3 is 0 Å². The van der Waals surface area contributed by atoms with Crippen LogP contribution in [0.15, 0.2) is 24.3 Å². The molecule has 0 spiro atoms. The third kappa shape index (κ3) is 5.98. The summed E-state index contributed by atoms with van der Waals surface area (Å²) in [6.45, 7) is 4.96. The van der Waals surface area contributed by atoms with E-state index in [0.29, 0.717) is 12.0 Å². The molecule has 3 amide bonds. The third-order valence-electron chi connectivity index (χ3n) is 3.84. The molecule has 1 aromatic carbocycles. The van der Waals surface area contributed by atoms with Crippen LogP contribution in [0.5, 0.6) is 0 Å². The summed E-state index contributed by atoms with van der Waals surface area (Å²) in [6, 6.07) is 4.02. The van der Waals surface area contributed by atoms with Crippen molar-refractivity contribution in [1.29, 1.82) is 0 Å². The highest BCUT2D eigenvalue weighted by Crippen LogP contribution is 2.10. The second-order valence-electron chi connectivity index (χ2n) is 5.86. The number of hydrogen-bond donors (Lipinski definition) is 3. The normalized spacial score (nSPS) is 14.3. The molecule has 0 bridgehead atoms. The highest BCUT2D eigenvalue weighted by Gasteiger charge is 2.28. The maximum Gasteiger partial charge on any atom is 0.243 e. The van der Waals surface area contributed by atoms with Crippen LogP contribution < -0.4 is 16.4 Å². The summed E-state index contributed by atoms with van der Waals surface area (Å²) in [7, 11) is 0. The standard InChI is InChI=1S/C17H24FN3O3/c1-4-10(2)15(16(19)23)21-17(24)14(20-11(3)22)9-12-6-5-7-13(18)8-12/h5-8,10,14-15H,4,9H2,1-3H3,(H2,19,23)(H,20,22)(H,21,24)/t10-,14-,15+/m0/s1. The van der Waals surface area contributed by atoms with E-state index in [1.807, 2.05) is 6.92 Å². The first-order valence-corrected chi connectivity index (χ1v) is 7.85. The summed E-state index contributed by atoms with van der Waals surface area (Å²) in [5.74, 6) is -2.13. The Labute approximate surface area is 141 Å². The Balaban J connectivity index is 2.91. The number of hydrogen-bond acceptors (Lipinski definition) is 3. The zero-order valence-corrected chi connectivity index (χ0v) is 14.1. The Hall–Kier alpha value is -2.44. The maximum absolute atomic E-state index is 13.3. The number of amides is 3. The van der Waals surface area contributed by atoms with Gasteiger partial charge in [0.15, 0.2) is 0 Å². The molecule has 132 valence electrons. The van der Waals surface area contributed by atoms with Gasteiger partial charge in [-0.25, -0.2) is 4.39 Å². The molecule has 0 aromatic heterocycles. The van der Waals surface area contributed by atoms with E-state index in [1.54, 1.807) is 13.0 Å². The Morgan fingerprint density at radius 3 is 2.42 bits per heavy atom. The van der Waals surface area contributed by atoms with Crippen LogP contribution in [0, 0.1) is 11.7 Å². The minimum absolute atomic E-state index is 0.106. The number of benzene rings is 1. The van der Waals surface area contributed by atoms with E-state index in [-0.39, 0.29) is 12.3 Å². The van der Waals surface area contributed by atoms with Crippen LogP contribution >= 0.6 is 0 Å². The maximum atomic E-state index is 13.3. The first-order chi connectivity index (χ1) is 11.2. The van der Waals surface area contributed by atoms with Crippen molar-refractivity contribution in [2.45, 2.75) is 45.7 Å². The molecule has 1 aromatic rings. The average molecular weight is 337 g/mol. The molecule has 1 rings (SSSR count).